The molecule has 0 aliphatic heterocycles. The molecule has 2 rings (SSSR count). The number of benzene rings is 1. The number of H-pyrrole nitrogens is 2. The minimum absolute atomic E-state index is 0.142. The SMILES string of the molecule is CCCNC(CC(C)CC)c1ccc2[nH]c(=O)[nH]c2c1. The Balaban J connectivity index is 2.26. The maximum absolute atomic E-state index is 11.3. The topological polar surface area (TPSA) is 60.7 Å². The summed E-state index contributed by atoms with van der Waals surface area (Å²) in [5.74, 6) is 0.685. The summed E-state index contributed by atoms with van der Waals surface area (Å²) in [6, 6.07) is 6.54. The molecule has 0 amide bonds. The van der Waals surface area contributed by atoms with Gasteiger partial charge in [0.25, 0.3) is 0 Å². The number of imidazole rings is 1. The zero-order chi connectivity index (χ0) is 14.5. The molecule has 0 aliphatic rings. The largest absolute Gasteiger partial charge is 0.323 e. The Bertz CT molecular complexity index is 599. The van der Waals surface area contributed by atoms with E-state index in [0.717, 1.165) is 30.4 Å². The van der Waals surface area contributed by atoms with Crippen LogP contribution >= 0.6 is 0 Å². The molecule has 0 aliphatic carbocycles. The van der Waals surface area contributed by atoms with Gasteiger partial charge in [-0.1, -0.05) is 33.3 Å². The lowest BCUT2D eigenvalue weighted by atomic mass is 9.94. The normalized spacial score (nSPS) is 14.6. The fourth-order valence-corrected chi connectivity index (χ4v) is 2.49. The minimum atomic E-state index is -0.142. The highest BCUT2D eigenvalue weighted by Crippen LogP contribution is 2.25. The first kappa shape index (κ1) is 14.9. The lowest BCUT2D eigenvalue weighted by molar-refractivity contribution is 0.402. The summed E-state index contributed by atoms with van der Waals surface area (Å²) in [4.78, 5) is 17.0. The van der Waals surface area contributed by atoms with Crippen LogP contribution in [0.5, 0.6) is 0 Å². The van der Waals surface area contributed by atoms with Gasteiger partial charge < -0.3 is 15.3 Å². The molecular weight excluding hydrogens is 250 g/mol. The molecule has 0 saturated carbocycles. The Morgan fingerprint density at radius 1 is 1.20 bits per heavy atom. The first-order valence-electron chi connectivity index (χ1n) is 7.59. The van der Waals surface area contributed by atoms with Crippen LogP contribution in [-0.2, 0) is 0 Å². The van der Waals surface area contributed by atoms with Crippen LogP contribution in [0.25, 0.3) is 11.0 Å². The second-order valence-corrected chi connectivity index (χ2v) is 5.64. The van der Waals surface area contributed by atoms with Gasteiger partial charge in [-0.25, -0.2) is 4.79 Å². The number of fused-ring (bicyclic) bond motifs is 1. The Morgan fingerprint density at radius 2 is 1.95 bits per heavy atom. The van der Waals surface area contributed by atoms with Crippen molar-refractivity contribution in [1.29, 1.82) is 0 Å². The van der Waals surface area contributed by atoms with E-state index in [9.17, 15) is 4.79 Å². The highest BCUT2D eigenvalue weighted by Gasteiger charge is 2.14. The van der Waals surface area contributed by atoms with Gasteiger partial charge in [0.1, 0.15) is 0 Å². The van der Waals surface area contributed by atoms with Gasteiger partial charge in [0.05, 0.1) is 11.0 Å². The zero-order valence-corrected chi connectivity index (χ0v) is 12.6. The van der Waals surface area contributed by atoms with Crippen molar-refractivity contribution in [3.05, 3.63) is 34.2 Å². The summed E-state index contributed by atoms with van der Waals surface area (Å²) in [5, 5.41) is 3.62. The molecule has 2 aromatic rings. The van der Waals surface area contributed by atoms with E-state index in [-0.39, 0.29) is 5.69 Å². The smallest absolute Gasteiger partial charge is 0.310 e. The molecule has 3 N–H and O–H groups in total. The molecule has 0 spiro atoms. The van der Waals surface area contributed by atoms with Crippen molar-refractivity contribution in [3.8, 4) is 0 Å². The van der Waals surface area contributed by atoms with Crippen LogP contribution in [0.15, 0.2) is 23.0 Å². The van der Waals surface area contributed by atoms with Gasteiger partial charge >= 0.3 is 5.69 Å². The van der Waals surface area contributed by atoms with E-state index in [0.29, 0.717) is 12.0 Å². The maximum atomic E-state index is 11.3. The Kier molecular flexibility index (Phi) is 5.01. The van der Waals surface area contributed by atoms with Crippen molar-refractivity contribution >= 4 is 11.0 Å². The van der Waals surface area contributed by atoms with Crippen LogP contribution in [0.4, 0.5) is 0 Å². The molecule has 1 aromatic heterocycles. The third-order valence-electron chi connectivity index (χ3n) is 3.92. The maximum Gasteiger partial charge on any atom is 0.323 e. The summed E-state index contributed by atoms with van der Waals surface area (Å²) in [7, 11) is 0. The standard InChI is InChI=1S/C16H25N3O/c1-4-8-17-14(9-11(3)5-2)12-6-7-13-15(10-12)19-16(20)18-13/h6-7,10-11,14,17H,4-5,8-9H2,1-3H3,(H2,18,19,20). The molecule has 0 radical (unpaired) electrons. The van der Waals surface area contributed by atoms with Gasteiger partial charge in [0.2, 0.25) is 0 Å². The lowest BCUT2D eigenvalue weighted by Gasteiger charge is -2.22. The molecule has 1 aromatic carbocycles. The molecule has 0 bridgehead atoms. The summed E-state index contributed by atoms with van der Waals surface area (Å²) in [6.45, 7) is 7.72. The van der Waals surface area contributed by atoms with Crippen LogP contribution in [0.3, 0.4) is 0 Å². The van der Waals surface area contributed by atoms with Crippen molar-refractivity contribution in [1.82, 2.24) is 15.3 Å². The molecule has 2 unspecified atom stereocenters. The number of aromatic amines is 2. The Hall–Kier alpha value is -1.55. The molecule has 1 heterocycles. The Morgan fingerprint density at radius 3 is 2.65 bits per heavy atom. The molecule has 2 atom stereocenters. The second-order valence-electron chi connectivity index (χ2n) is 5.64. The number of hydrogen-bond acceptors (Lipinski definition) is 2. The van der Waals surface area contributed by atoms with Gasteiger partial charge in [0, 0.05) is 6.04 Å². The summed E-state index contributed by atoms with van der Waals surface area (Å²) >= 11 is 0. The third-order valence-corrected chi connectivity index (χ3v) is 3.92. The van der Waals surface area contributed by atoms with E-state index >= 15 is 0 Å². The summed E-state index contributed by atoms with van der Waals surface area (Å²) in [5.41, 5.74) is 2.87. The van der Waals surface area contributed by atoms with Crippen molar-refractivity contribution in [3.63, 3.8) is 0 Å². The molecule has 20 heavy (non-hydrogen) atoms. The predicted molar refractivity (Wildman–Crippen MR) is 84.0 cm³/mol. The van der Waals surface area contributed by atoms with Crippen LogP contribution < -0.4 is 11.0 Å². The van der Waals surface area contributed by atoms with E-state index in [1.807, 2.05) is 6.07 Å². The van der Waals surface area contributed by atoms with Gasteiger partial charge in [-0.15, -0.1) is 0 Å². The van der Waals surface area contributed by atoms with Crippen LogP contribution in [0.2, 0.25) is 0 Å². The van der Waals surface area contributed by atoms with Crippen molar-refractivity contribution in [2.45, 2.75) is 46.1 Å². The first-order chi connectivity index (χ1) is 9.63. The second kappa shape index (κ2) is 6.75. The average molecular weight is 275 g/mol. The number of nitrogens with one attached hydrogen (secondary N) is 3. The van der Waals surface area contributed by atoms with Crippen molar-refractivity contribution in [2.75, 3.05) is 6.54 Å². The minimum Gasteiger partial charge on any atom is -0.310 e. The van der Waals surface area contributed by atoms with Crippen LogP contribution in [0, 0.1) is 5.92 Å². The van der Waals surface area contributed by atoms with E-state index < -0.39 is 0 Å². The number of hydrogen-bond donors (Lipinski definition) is 3. The third kappa shape index (κ3) is 3.51. The molecule has 110 valence electrons. The molecule has 0 fully saturated rings. The quantitative estimate of drug-likeness (QED) is 0.726. The van der Waals surface area contributed by atoms with Gasteiger partial charge in [-0.2, -0.15) is 0 Å². The average Bonchev–Trinajstić information content (AvgIpc) is 2.82. The fourth-order valence-electron chi connectivity index (χ4n) is 2.49. The van der Waals surface area contributed by atoms with Gasteiger partial charge in [-0.3, -0.25) is 0 Å². The molecule has 4 heteroatoms. The molecule has 4 nitrogen and oxygen atoms in total. The Labute approximate surface area is 120 Å². The van der Waals surface area contributed by atoms with Crippen LogP contribution in [0.1, 0.15) is 51.6 Å². The van der Waals surface area contributed by atoms with Gasteiger partial charge in [0.15, 0.2) is 0 Å². The lowest BCUT2D eigenvalue weighted by Crippen LogP contribution is -2.24. The van der Waals surface area contributed by atoms with Crippen LogP contribution in [-0.4, -0.2) is 16.5 Å². The predicted octanol–water partition coefficient (Wildman–Crippen LogP) is 3.33. The van der Waals surface area contributed by atoms with E-state index in [1.54, 1.807) is 0 Å². The summed E-state index contributed by atoms with van der Waals surface area (Å²) in [6.07, 6.45) is 3.43. The highest BCUT2D eigenvalue weighted by molar-refractivity contribution is 5.75. The molecule has 0 saturated heterocycles. The van der Waals surface area contributed by atoms with Crippen molar-refractivity contribution < 1.29 is 0 Å². The highest BCUT2D eigenvalue weighted by atomic mass is 16.1. The van der Waals surface area contributed by atoms with E-state index in [4.69, 9.17) is 0 Å². The zero-order valence-electron chi connectivity index (χ0n) is 12.6. The summed E-state index contributed by atoms with van der Waals surface area (Å²) < 4.78 is 0. The fraction of sp³-hybridized carbons (Fsp3) is 0.562. The van der Waals surface area contributed by atoms with Gasteiger partial charge in [-0.05, 0) is 43.0 Å². The van der Waals surface area contributed by atoms with Crippen molar-refractivity contribution in [2.24, 2.45) is 5.92 Å². The van der Waals surface area contributed by atoms with E-state index in [1.165, 1.54) is 12.0 Å². The monoisotopic (exact) mass is 275 g/mol. The number of rotatable bonds is 7. The first-order valence-corrected chi connectivity index (χ1v) is 7.59. The van der Waals surface area contributed by atoms with E-state index in [2.05, 4.69) is 48.2 Å². The number of aromatic nitrogens is 2. The molecular formula is C16H25N3O.